The minimum absolute atomic E-state index is 0.00520. The zero-order valence-electron chi connectivity index (χ0n) is 15.4. The molecule has 30 heavy (non-hydrogen) atoms. The van der Waals surface area contributed by atoms with Gasteiger partial charge >= 0.3 is 10.1 Å². The van der Waals surface area contributed by atoms with Crippen LogP contribution in [0.2, 0.25) is 5.02 Å². The summed E-state index contributed by atoms with van der Waals surface area (Å²) in [5.41, 5.74) is 0.848. The molecule has 6 nitrogen and oxygen atoms in total. The third-order valence-corrected chi connectivity index (χ3v) is 5.44. The highest BCUT2D eigenvalue weighted by atomic mass is 35.5. The van der Waals surface area contributed by atoms with Gasteiger partial charge in [0.2, 0.25) is 0 Å². The Morgan fingerprint density at radius 3 is 2.23 bits per heavy atom. The van der Waals surface area contributed by atoms with Crippen molar-refractivity contribution >= 4 is 39.4 Å². The molecule has 3 rings (SSSR count). The summed E-state index contributed by atoms with van der Waals surface area (Å²) in [7, 11) is -4.04. The van der Waals surface area contributed by atoms with Crippen molar-refractivity contribution in [1.29, 1.82) is 5.26 Å². The Labute approximate surface area is 179 Å². The van der Waals surface area contributed by atoms with Crippen LogP contribution in [-0.4, -0.2) is 14.3 Å². The molecule has 0 radical (unpaired) electrons. The van der Waals surface area contributed by atoms with Crippen molar-refractivity contribution in [2.45, 2.75) is 4.90 Å². The van der Waals surface area contributed by atoms with Crippen LogP contribution in [0.25, 0.3) is 6.08 Å². The van der Waals surface area contributed by atoms with Gasteiger partial charge in [0, 0.05) is 5.69 Å². The minimum atomic E-state index is -4.04. The summed E-state index contributed by atoms with van der Waals surface area (Å²) in [5.74, 6) is -0.642. The molecule has 0 aliphatic heterocycles. The van der Waals surface area contributed by atoms with Gasteiger partial charge in [-0.1, -0.05) is 54.1 Å². The van der Waals surface area contributed by atoms with Crippen LogP contribution in [0.15, 0.2) is 89.3 Å². The summed E-state index contributed by atoms with van der Waals surface area (Å²) in [6.07, 6.45) is 1.35. The quantitative estimate of drug-likeness (QED) is 0.343. The summed E-state index contributed by atoms with van der Waals surface area (Å²) < 4.78 is 29.8. The first-order valence-corrected chi connectivity index (χ1v) is 10.4. The highest BCUT2D eigenvalue weighted by Crippen LogP contribution is 2.29. The van der Waals surface area contributed by atoms with Gasteiger partial charge in [0.25, 0.3) is 5.91 Å². The molecule has 8 heteroatoms. The molecule has 0 aromatic heterocycles. The lowest BCUT2D eigenvalue weighted by Gasteiger charge is -2.09. The van der Waals surface area contributed by atoms with E-state index in [1.54, 1.807) is 48.5 Å². The topological polar surface area (TPSA) is 96.3 Å². The van der Waals surface area contributed by atoms with E-state index in [2.05, 4.69) is 5.32 Å². The lowest BCUT2D eigenvalue weighted by molar-refractivity contribution is -0.112. The number of hydrogen-bond acceptors (Lipinski definition) is 5. The van der Waals surface area contributed by atoms with Crippen molar-refractivity contribution < 1.29 is 17.4 Å². The van der Waals surface area contributed by atoms with Crippen molar-refractivity contribution in [2.75, 3.05) is 5.32 Å². The summed E-state index contributed by atoms with van der Waals surface area (Å²) in [6.45, 7) is 0. The number of amides is 1. The van der Waals surface area contributed by atoms with Gasteiger partial charge in [0.05, 0.1) is 5.02 Å². The molecule has 150 valence electrons. The standard InChI is InChI=1S/C22H15ClN2O4S/c23-20-14-16(13-17(15-24)22(26)25-18-7-3-1-4-8-18)11-12-21(20)29-30(27,28)19-9-5-2-6-10-19/h1-14H,(H,25,26)/b17-13+. The summed E-state index contributed by atoms with van der Waals surface area (Å²) >= 11 is 6.16. The van der Waals surface area contributed by atoms with Crippen molar-refractivity contribution in [3.05, 3.63) is 95.0 Å². The SMILES string of the molecule is N#C/C(=C\c1ccc(OS(=O)(=O)c2ccccc2)c(Cl)c1)C(=O)Nc1ccccc1. The van der Waals surface area contributed by atoms with Crippen molar-refractivity contribution in [3.8, 4) is 11.8 Å². The van der Waals surface area contributed by atoms with Crippen LogP contribution in [0.4, 0.5) is 5.69 Å². The van der Waals surface area contributed by atoms with Crippen LogP contribution in [0.1, 0.15) is 5.56 Å². The number of anilines is 1. The Kier molecular flexibility index (Phi) is 6.52. The predicted octanol–water partition coefficient (Wildman–Crippen LogP) is 4.65. The third-order valence-electron chi connectivity index (χ3n) is 3.90. The van der Waals surface area contributed by atoms with Gasteiger partial charge < -0.3 is 9.50 Å². The number of nitriles is 1. The van der Waals surface area contributed by atoms with Gasteiger partial charge in [-0.25, -0.2) is 0 Å². The van der Waals surface area contributed by atoms with E-state index in [4.69, 9.17) is 15.8 Å². The van der Waals surface area contributed by atoms with E-state index in [1.807, 2.05) is 6.07 Å². The van der Waals surface area contributed by atoms with Crippen molar-refractivity contribution in [3.63, 3.8) is 0 Å². The highest BCUT2D eigenvalue weighted by molar-refractivity contribution is 7.87. The van der Waals surface area contributed by atoms with Crippen LogP contribution in [-0.2, 0) is 14.9 Å². The van der Waals surface area contributed by atoms with E-state index in [9.17, 15) is 18.5 Å². The molecule has 1 N–H and O–H groups in total. The smallest absolute Gasteiger partial charge is 0.339 e. The van der Waals surface area contributed by atoms with Crippen LogP contribution in [0.3, 0.4) is 0 Å². The van der Waals surface area contributed by atoms with E-state index >= 15 is 0 Å². The first kappa shape index (κ1) is 21.1. The van der Waals surface area contributed by atoms with Gasteiger partial charge in [0.1, 0.15) is 16.5 Å². The highest BCUT2D eigenvalue weighted by Gasteiger charge is 2.18. The van der Waals surface area contributed by atoms with Crippen LogP contribution < -0.4 is 9.50 Å². The van der Waals surface area contributed by atoms with Gasteiger partial charge in [-0.3, -0.25) is 4.79 Å². The molecule has 0 bridgehead atoms. The number of para-hydroxylation sites is 1. The molecule has 0 saturated carbocycles. The van der Waals surface area contributed by atoms with E-state index in [0.717, 1.165) is 0 Å². The van der Waals surface area contributed by atoms with Crippen LogP contribution in [0.5, 0.6) is 5.75 Å². The molecule has 1 amide bonds. The fourth-order valence-electron chi connectivity index (χ4n) is 2.46. The van der Waals surface area contributed by atoms with Gasteiger partial charge in [-0.2, -0.15) is 13.7 Å². The van der Waals surface area contributed by atoms with E-state index in [-0.39, 0.29) is 21.2 Å². The summed E-state index contributed by atoms with van der Waals surface area (Å²) in [6, 6.07) is 22.5. The zero-order chi connectivity index (χ0) is 21.6. The molecule has 0 atom stereocenters. The number of rotatable bonds is 6. The Hall–Kier alpha value is -3.60. The van der Waals surface area contributed by atoms with E-state index in [1.165, 1.54) is 36.4 Å². The molecule has 0 saturated heterocycles. The summed E-state index contributed by atoms with van der Waals surface area (Å²) in [4.78, 5) is 12.3. The third kappa shape index (κ3) is 5.26. The van der Waals surface area contributed by atoms with Gasteiger partial charge in [-0.15, -0.1) is 0 Å². The average molecular weight is 439 g/mol. The maximum Gasteiger partial charge on any atom is 0.339 e. The first-order chi connectivity index (χ1) is 14.4. The average Bonchev–Trinajstić information content (AvgIpc) is 2.75. The predicted molar refractivity (Wildman–Crippen MR) is 114 cm³/mol. The Bertz CT molecular complexity index is 1240. The Balaban J connectivity index is 1.80. The van der Waals surface area contributed by atoms with Gasteiger partial charge in [-0.05, 0) is 48.0 Å². The van der Waals surface area contributed by atoms with Crippen LogP contribution in [0, 0.1) is 11.3 Å². The molecular formula is C22H15ClN2O4S. The monoisotopic (exact) mass is 438 g/mol. The molecule has 0 fully saturated rings. The normalized spacial score (nSPS) is 11.4. The lowest BCUT2D eigenvalue weighted by atomic mass is 10.1. The molecule has 0 aliphatic carbocycles. The number of nitrogens with one attached hydrogen (secondary N) is 1. The first-order valence-electron chi connectivity index (χ1n) is 8.66. The number of nitrogens with zero attached hydrogens (tertiary/aromatic N) is 1. The van der Waals surface area contributed by atoms with E-state index in [0.29, 0.717) is 11.3 Å². The molecule has 3 aromatic rings. The second kappa shape index (κ2) is 9.27. The Morgan fingerprint density at radius 1 is 1.00 bits per heavy atom. The number of carbonyl (C=O) groups excluding carboxylic acids is 1. The molecule has 3 aromatic carbocycles. The molecule has 0 aliphatic rings. The fraction of sp³-hybridized carbons (Fsp3) is 0. The number of halogens is 1. The van der Waals surface area contributed by atoms with Gasteiger partial charge in [0.15, 0.2) is 5.75 Å². The number of benzene rings is 3. The number of hydrogen-bond donors (Lipinski definition) is 1. The molecule has 0 spiro atoms. The Morgan fingerprint density at radius 2 is 1.63 bits per heavy atom. The largest absolute Gasteiger partial charge is 0.377 e. The second-order valence-electron chi connectivity index (χ2n) is 6.03. The van der Waals surface area contributed by atoms with Crippen molar-refractivity contribution in [1.82, 2.24) is 0 Å². The van der Waals surface area contributed by atoms with Crippen molar-refractivity contribution in [2.24, 2.45) is 0 Å². The molecular weight excluding hydrogens is 424 g/mol. The lowest BCUT2D eigenvalue weighted by Crippen LogP contribution is -2.13. The molecule has 0 heterocycles. The maximum absolute atomic E-state index is 12.3. The fourth-order valence-corrected chi connectivity index (χ4v) is 3.70. The molecule has 0 unspecified atom stereocenters. The van der Waals surface area contributed by atoms with Crippen LogP contribution >= 0.6 is 11.6 Å². The summed E-state index contributed by atoms with van der Waals surface area (Å²) in [5, 5.41) is 12.0. The zero-order valence-corrected chi connectivity index (χ0v) is 17.0. The minimum Gasteiger partial charge on any atom is -0.377 e. The second-order valence-corrected chi connectivity index (χ2v) is 7.98. The number of carbonyl (C=O) groups is 1. The maximum atomic E-state index is 12.3. The van der Waals surface area contributed by atoms with E-state index < -0.39 is 16.0 Å².